The summed E-state index contributed by atoms with van der Waals surface area (Å²) in [5.74, 6) is 0. The second-order valence-electron chi connectivity index (χ2n) is 7.43. The molecule has 2 aliphatic heterocycles. The first-order chi connectivity index (χ1) is 13.0. The van der Waals surface area contributed by atoms with Gasteiger partial charge in [0.05, 0.1) is 0 Å². The lowest BCUT2D eigenvalue weighted by Gasteiger charge is -2.09. The number of nitrogens with one attached hydrogen (secondary N) is 2. The summed E-state index contributed by atoms with van der Waals surface area (Å²) >= 11 is 0. The largest absolute Gasteiger partial charge is 0.322 e. The molecule has 2 aliphatic rings. The smallest absolute Gasteiger partial charge is 0.318 e. The van der Waals surface area contributed by atoms with Gasteiger partial charge >= 0.3 is 12.1 Å². The Morgan fingerprint density at radius 1 is 0.778 bits per heavy atom. The van der Waals surface area contributed by atoms with Crippen LogP contribution in [-0.2, 0) is 6.42 Å². The Morgan fingerprint density at radius 2 is 1.11 bits per heavy atom. The maximum Gasteiger partial charge on any atom is 0.322 e. The number of amides is 4. The van der Waals surface area contributed by atoms with E-state index in [2.05, 4.69) is 10.6 Å². The van der Waals surface area contributed by atoms with Crippen molar-refractivity contribution < 1.29 is 9.59 Å². The van der Waals surface area contributed by atoms with E-state index in [1.165, 1.54) is 11.1 Å². The summed E-state index contributed by atoms with van der Waals surface area (Å²) in [6, 6.07) is 16.5. The van der Waals surface area contributed by atoms with Crippen LogP contribution in [0.5, 0.6) is 0 Å². The monoisotopic (exact) mass is 364 g/mol. The summed E-state index contributed by atoms with van der Waals surface area (Å²) in [7, 11) is 0. The quantitative estimate of drug-likeness (QED) is 0.812. The van der Waals surface area contributed by atoms with Crippen molar-refractivity contribution in [1.82, 2.24) is 9.80 Å². The van der Waals surface area contributed by atoms with Crippen LogP contribution in [0.3, 0.4) is 0 Å². The molecule has 0 spiro atoms. The van der Waals surface area contributed by atoms with E-state index in [1.807, 2.05) is 62.4 Å². The average Bonchev–Trinajstić information content (AvgIpc) is 3.56. The summed E-state index contributed by atoms with van der Waals surface area (Å²) in [6.07, 6.45) is 0.800. The van der Waals surface area contributed by atoms with Crippen LogP contribution in [0.25, 0.3) is 0 Å². The fourth-order valence-electron chi connectivity index (χ4n) is 3.08. The van der Waals surface area contributed by atoms with E-state index in [1.54, 1.807) is 9.80 Å². The minimum atomic E-state index is -0.0372. The van der Waals surface area contributed by atoms with Crippen LogP contribution in [-0.4, -0.2) is 47.0 Å². The van der Waals surface area contributed by atoms with Crippen molar-refractivity contribution in [2.45, 2.75) is 32.4 Å². The molecular weight excluding hydrogens is 340 g/mol. The van der Waals surface area contributed by atoms with Crippen molar-refractivity contribution in [2.24, 2.45) is 0 Å². The molecule has 2 aromatic carbocycles. The normalized spacial score (nSPS) is 20.2. The summed E-state index contributed by atoms with van der Waals surface area (Å²) in [4.78, 5) is 27.4. The van der Waals surface area contributed by atoms with Gasteiger partial charge in [-0.3, -0.25) is 0 Å². The highest BCUT2D eigenvalue weighted by Gasteiger charge is 2.34. The van der Waals surface area contributed by atoms with Gasteiger partial charge in [0, 0.05) is 36.5 Å². The fraction of sp³-hybridized carbons (Fsp3) is 0.333. The molecule has 0 saturated carbocycles. The molecule has 2 saturated heterocycles. The minimum Gasteiger partial charge on any atom is -0.318 e. The zero-order valence-corrected chi connectivity index (χ0v) is 15.6. The van der Waals surface area contributed by atoms with Gasteiger partial charge in [0.15, 0.2) is 0 Å². The third kappa shape index (κ3) is 4.22. The molecule has 2 heterocycles. The number of hydrogen-bond acceptors (Lipinski definition) is 2. The van der Waals surface area contributed by atoms with Crippen LogP contribution in [0.2, 0.25) is 0 Å². The van der Waals surface area contributed by atoms with Gasteiger partial charge in [-0.25, -0.2) is 9.59 Å². The summed E-state index contributed by atoms with van der Waals surface area (Å²) in [5.41, 5.74) is 3.96. The van der Waals surface area contributed by atoms with Crippen LogP contribution in [0.4, 0.5) is 21.0 Å². The van der Waals surface area contributed by atoms with Gasteiger partial charge in [-0.15, -0.1) is 0 Å². The Labute approximate surface area is 159 Å². The Hall–Kier alpha value is -3.02. The van der Waals surface area contributed by atoms with Crippen molar-refractivity contribution in [3.05, 3.63) is 59.7 Å². The molecule has 6 heteroatoms. The number of carbonyl (C=O) groups excluding carboxylic acids is 2. The number of hydrogen-bond donors (Lipinski definition) is 2. The van der Waals surface area contributed by atoms with Crippen molar-refractivity contribution in [3.8, 4) is 0 Å². The molecule has 0 unspecified atom stereocenters. The van der Waals surface area contributed by atoms with Crippen molar-refractivity contribution in [3.63, 3.8) is 0 Å². The summed E-state index contributed by atoms with van der Waals surface area (Å²) in [5, 5.41) is 5.82. The zero-order valence-electron chi connectivity index (χ0n) is 15.6. The second-order valence-corrected chi connectivity index (χ2v) is 7.43. The van der Waals surface area contributed by atoms with Crippen LogP contribution in [0.1, 0.15) is 25.0 Å². The lowest BCUT2D eigenvalue weighted by atomic mass is 10.0. The van der Waals surface area contributed by atoms with Gasteiger partial charge in [0.1, 0.15) is 0 Å². The molecule has 27 heavy (non-hydrogen) atoms. The molecule has 4 rings (SSSR count). The van der Waals surface area contributed by atoms with E-state index in [-0.39, 0.29) is 12.1 Å². The molecule has 2 N–H and O–H groups in total. The van der Waals surface area contributed by atoms with E-state index >= 15 is 0 Å². The number of urea groups is 2. The maximum absolute atomic E-state index is 11.9. The van der Waals surface area contributed by atoms with Crippen molar-refractivity contribution >= 4 is 23.4 Å². The molecule has 0 aliphatic carbocycles. The molecule has 4 amide bonds. The SMILES string of the molecule is C[C@@H]1CN1C(=O)Nc1ccc(Cc2ccc(NC(=O)N3C[C@H]3C)cc2)cc1. The minimum absolute atomic E-state index is 0.0372. The molecule has 0 bridgehead atoms. The number of carbonyl (C=O) groups is 2. The lowest BCUT2D eigenvalue weighted by Crippen LogP contribution is -2.20. The van der Waals surface area contributed by atoms with Gasteiger partial charge in [-0.2, -0.15) is 0 Å². The Kier molecular flexibility index (Phi) is 4.48. The molecule has 2 fully saturated rings. The number of rotatable bonds is 4. The third-order valence-corrected chi connectivity index (χ3v) is 5.06. The van der Waals surface area contributed by atoms with E-state index in [9.17, 15) is 9.59 Å². The van der Waals surface area contributed by atoms with Gasteiger partial charge in [0.2, 0.25) is 0 Å². The van der Waals surface area contributed by atoms with Gasteiger partial charge in [0.25, 0.3) is 0 Å². The molecule has 140 valence electrons. The van der Waals surface area contributed by atoms with Gasteiger partial charge < -0.3 is 20.4 Å². The van der Waals surface area contributed by atoms with Crippen LogP contribution in [0, 0.1) is 0 Å². The first-order valence-corrected chi connectivity index (χ1v) is 9.33. The third-order valence-electron chi connectivity index (χ3n) is 5.06. The maximum atomic E-state index is 11.9. The predicted molar refractivity (Wildman–Crippen MR) is 106 cm³/mol. The number of nitrogens with zero attached hydrogens (tertiary/aromatic N) is 2. The first-order valence-electron chi connectivity index (χ1n) is 9.33. The topological polar surface area (TPSA) is 64.2 Å². The zero-order chi connectivity index (χ0) is 19.0. The van der Waals surface area contributed by atoms with E-state index in [4.69, 9.17) is 0 Å². The summed E-state index contributed by atoms with van der Waals surface area (Å²) < 4.78 is 0. The van der Waals surface area contributed by atoms with Crippen LogP contribution < -0.4 is 10.6 Å². The molecule has 0 aromatic heterocycles. The average molecular weight is 364 g/mol. The molecule has 2 aromatic rings. The predicted octanol–water partition coefficient (Wildman–Crippen LogP) is 3.75. The summed E-state index contributed by atoms with van der Waals surface area (Å²) in [6.45, 7) is 5.72. The molecule has 2 atom stereocenters. The first kappa shape index (κ1) is 17.4. The highest BCUT2D eigenvalue weighted by Crippen LogP contribution is 2.21. The highest BCUT2D eigenvalue weighted by molar-refractivity contribution is 5.91. The standard InChI is InChI=1S/C21H24N4O2/c1-14-12-24(14)20(26)22-18-7-3-16(4-8-18)11-17-5-9-19(10-6-17)23-21(27)25-13-15(25)2/h3-10,14-15H,11-13H2,1-2H3,(H,22,26)(H,23,27)/t14-,15-,24?,25?/m1/s1. The Bertz CT molecular complexity index is 776. The fourth-order valence-corrected chi connectivity index (χ4v) is 3.08. The Balaban J connectivity index is 1.30. The molecule has 6 nitrogen and oxygen atoms in total. The highest BCUT2D eigenvalue weighted by atomic mass is 16.2. The van der Waals surface area contributed by atoms with Crippen molar-refractivity contribution in [1.29, 1.82) is 0 Å². The van der Waals surface area contributed by atoms with Crippen LogP contribution >= 0.6 is 0 Å². The molecular formula is C21H24N4O2. The number of anilines is 2. The Morgan fingerprint density at radius 3 is 1.41 bits per heavy atom. The second kappa shape index (κ2) is 6.95. The number of benzene rings is 2. The molecule has 0 radical (unpaired) electrons. The van der Waals surface area contributed by atoms with Crippen LogP contribution in [0.15, 0.2) is 48.5 Å². The van der Waals surface area contributed by atoms with E-state index in [0.29, 0.717) is 12.1 Å². The van der Waals surface area contributed by atoms with Crippen molar-refractivity contribution in [2.75, 3.05) is 23.7 Å². The van der Waals surface area contributed by atoms with E-state index in [0.717, 1.165) is 30.9 Å². The van der Waals surface area contributed by atoms with Gasteiger partial charge in [-0.1, -0.05) is 24.3 Å². The van der Waals surface area contributed by atoms with Gasteiger partial charge in [-0.05, 0) is 55.7 Å². The van der Waals surface area contributed by atoms with E-state index < -0.39 is 0 Å². The lowest BCUT2D eigenvalue weighted by molar-refractivity contribution is 0.239.